The van der Waals surface area contributed by atoms with Crippen molar-refractivity contribution in [3.05, 3.63) is 5.56 Å². The van der Waals surface area contributed by atoms with E-state index in [-0.39, 0.29) is 11.7 Å². The van der Waals surface area contributed by atoms with Crippen LogP contribution in [0.3, 0.4) is 0 Å². The van der Waals surface area contributed by atoms with Crippen molar-refractivity contribution in [1.82, 2.24) is 9.69 Å². The zero-order valence-electron chi connectivity index (χ0n) is 11.0. The summed E-state index contributed by atoms with van der Waals surface area (Å²) in [5, 5.41) is 3.38. The van der Waals surface area contributed by atoms with Crippen molar-refractivity contribution < 1.29 is 9.53 Å². The quantitative estimate of drug-likeness (QED) is 0.722. The van der Waals surface area contributed by atoms with Gasteiger partial charge in [-0.2, -0.15) is 4.37 Å². The van der Waals surface area contributed by atoms with Crippen LogP contribution in [0.1, 0.15) is 24.2 Å². The first kappa shape index (κ1) is 14.7. The molecule has 3 N–H and O–H groups in total. The molecule has 102 valence electrons. The highest BCUT2D eigenvalue weighted by atomic mass is 32.1. The summed E-state index contributed by atoms with van der Waals surface area (Å²) >= 11 is 1.25. The van der Waals surface area contributed by atoms with Gasteiger partial charge in [0, 0.05) is 26.7 Å². The molecule has 1 aromatic rings. The van der Waals surface area contributed by atoms with Gasteiger partial charge in [-0.3, -0.25) is 4.79 Å². The maximum absolute atomic E-state index is 11.8. The van der Waals surface area contributed by atoms with Gasteiger partial charge < -0.3 is 20.7 Å². The van der Waals surface area contributed by atoms with Crippen LogP contribution < -0.4 is 16.0 Å². The Morgan fingerprint density at radius 1 is 1.56 bits per heavy atom. The van der Waals surface area contributed by atoms with E-state index in [1.807, 2.05) is 18.7 Å². The summed E-state index contributed by atoms with van der Waals surface area (Å²) in [6.45, 7) is 6.78. The van der Waals surface area contributed by atoms with E-state index in [0.717, 1.165) is 18.1 Å². The fraction of sp³-hybridized carbons (Fsp3) is 0.636. The number of nitrogen functional groups attached to an aromatic ring is 1. The normalized spacial score (nSPS) is 10.4. The molecule has 0 spiro atoms. The lowest BCUT2D eigenvalue weighted by atomic mass is 10.2. The Hall–Kier alpha value is -1.34. The van der Waals surface area contributed by atoms with Gasteiger partial charge in [-0.05, 0) is 25.4 Å². The summed E-state index contributed by atoms with van der Waals surface area (Å²) in [5.74, 6) is 0.0790. The Labute approximate surface area is 111 Å². The second-order valence-electron chi connectivity index (χ2n) is 3.60. The van der Waals surface area contributed by atoms with Crippen molar-refractivity contribution in [1.29, 1.82) is 0 Å². The van der Waals surface area contributed by atoms with Crippen LogP contribution in [0.4, 0.5) is 10.8 Å². The molecule has 1 rings (SSSR count). The third kappa shape index (κ3) is 3.33. The molecule has 0 saturated heterocycles. The van der Waals surface area contributed by atoms with Gasteiger partial charge >= 0.3 is 0 Å². The van der Waals surface area contributed by atoms with Crippen LogP contribution in [-0.2, 0) is 4.74 Å². The largest absolute Gasteiger partial charge is 0.382 e. The van der Waals surface area contributed by atoms with E-state index < -0.39 is 0 Å². The number of anilines is 2. The summed E-state index contributed by atoms with van der Waals surface area (Å²) < 4.78 is 9.39. The van der Waals surface area contributed by atoms with Gasteiger partial charge in [-0.1, -0.05) is 0 Å². The third-order valence-electron chi connectivity index (χ3n) is 2.53. The van der Waals surface area contributed by atoms with E-state index in [0.29, 0.717) is 18.8 Å². The number of likely N-dealkylation sites (N-methyl/N-ethyl adjacent to an activating group) is 1. The highest BCUT2D eigenvalue weighted by Crippen LogP contribution is 2.30. The molecule has 1 amide bonds. The van der Waals surface area contributed by atoms with Crippen LogP contribution in [0.5, 0.6) is 0 Å². The fourth-order valence-electron chi connectivity index (χ4n) is 1.57. The van der Waals surface area contributed by atoms with E-state index >= 15 is 0 Å². The van der Waals surface area contributed by atoms with Crippen molar-refractivity contribution in [2.45, 2.75) is 13.8 Å². The molecule has 0 unspecified atom stereocenters. The molecule has 0 fully saturated rings. The summed E-state index contributed by atoms with van der Waals surface area (Å²) in [6, 6.07) is 0. The first-order valence-electron chi connectivity index (χ1n) is 5.95. The molecule has 0 aliphatic heterocycles. The molecule has 0 saturated carbocycles. The minimum atomic E-state index is -0.203. The monoisotopic (exact) mass is 272 g/mol. The molecule has 1 heterocycles. The minimum Gasteiger partial charge on any atom is -0.382 e. The maximum atomic E-state index is 11.8. The Kier molecular flexibility index (Phi) is 5.87. The number of hydrogen-bond acceptors (Lipinski definition) is 6. The van der Waals surface area contributed by atoms with Gasteiger partial charge in [-0.15, -0.1) is 0 Å². The number of aromatic nitrogens is 1. The number of rotatable bonds is 7. The van der Waals surface area contributed by atoms with Crippen LogP contribution >= 0.6 is 11.5 Å². The van der Waals surface area contributed by atoms with Crippen molar-refractivity contribution in [3.8, 4) is 0 Å². The number of nitrogens with one attached hydrogen (secondary N) is 1. The number of carbonyl (C=O) groups is 1. The zero-order valence-corrected chi connectivity index (χ0v) is 11.8. The maximum Gasteiger partial charge on any atom is 0.257 e. The van der Waals surface area contributed by atoms with Gasteiger partial charge in [0.05, 0.1) is 6.61 Å². The number of hydrogen-bond donors (Lipinski definition) is 2. The second-order valence-corrected chi connectivity index (χ2v) is 4.36. The van der Waals surface area contributed by atoms with Crippen LogP contribution in [0.15, 0.2) is 0 Å². The minimum absolute atomic E-state index is 0.203. The SMILES string of the molecule is CCOCCN(CC)c1snc(N)c1C(=O)NC. The molecule has 0 bridgehead atoms. The lowest BCUT2D eigenvalue weighted by Gasteiger charge is -2.21. The molecule has 0 aromatic carbocycles. The number of nitrogens with two attached hydrogens (primary N) is 1. The Bertz CT molecular complexity index is 394. The molecular weight excluding hydrogens is 252 g/mol. The van der Waals surface area contributed by atoms with E-state index in [2.05, 4.69) is 9.69 Å². The first-order valence-corrected chi connectivity index (χ1v) is 6.72. The van der Waals surface area contributed by atoms with Crippen molar-refractivity contribution in [2.24, 2.45) is 0 Å². The van der Waals surface area contributed by atoms with Gasteiger partial charge in [0.15, 0.2) is 5.82 Å². The van der Waals surface area contributed by atoms with Crippen molar-refractivity contribution in [3.63, 3.8) is 0 Å². The third-order valence-corrected chi connectivity index (χ3v) is 3.46. The van der Waals surface area contributed by atoms with Crippen LogP contribution in [0.25, 0.3) is 0 Å². The van der Waals surface area contributed by atoms with E-state index in [4.69, 9.17) is 10.5 Å². The molecule has 7 heteroatoms. The fourth-order valence-corrected chi connectivity index (χ4v) is 2.47. The van der Waals surface area contributed by atoms with E-state index in [9.17, 15) is 4.79 Å². The van der Waals surface area contributed by atoms with Crippen molar-refractivity contribution >= 4 is 28.3 Å². The van der Waals surface area contributed by atoms with Crippen LogP contribution in [0.2, 0.25) is 0 Å². The lowest BCUT2D eigenvalue weighted by molar-refractivity contribution is 0.0964. The predicted octanol–water partition coefficient (Wildman–Crippen LogP) is 0.948. The van der Waals surface area contributed by atoms with Crippen LogP contribution in [-0.4, -0.2) is 43.6 Å². The molecule has 0 aliphatic carbocycles. The highest BCUT2D eigenvalue weighted by Gasteiger charge is 2.21. The topological polar surface area (TPSA) is 80.5 Å². The highest BCUT2D eigenvalue weighted by molar-refractivity contribution is 7.11. The number of amides is 1. The zero-order chi connectivity index (χ0) is 13.5. The smallest absolute Gasteiger partial charge is 0.257 e. The summed E-state index contributed by atoms with van der Waals surface area (Å²) in [4.78, 5) is 13.8. The summed E-state index contributed by atoms with van der Waals surface area (Å²) in [5.41, 5.74) is 6.20. The molecule has 0 radical (unpaired) electrons. The van der Waals surface area contributed by atoms with E-state index in [1.54, 1.807) is 7.05 Å². The second kappa shape index (κ2) is 7.17. The van der Waals surface area contributed by atoms with Gasteiger partial charge in [0.2, 0.25) is 0 Å². The van der Waals surface area contributed by atoms with Crippen LogP contribution in [0, 0.1) is 0 Å². The first-order chi connectivity index (χ1) is 8.65. The number of carbonyl (C=O) groups excluding carboxylic acids is 1. The molecular formula is C11H20N4O2S. The molecule has 18 heavy (non-hydrogen) atoms. The molecule has 0 atom stereocenters. The molecule has 0 aliphatic rings. The average molecular weight is 272 g/mol. The average Bonchev–Trinajstić information content (AvgIpc) is 2.76. The van der Waals surface area contributed by atoms with Gasteiger partial charge in [0.25, 0.3) is 5.91 Å². The Morgan fingerprint density at radius 2 is 2.28 bits per heavy atom. The summed E-state index contributed by atoms with van der Waals surface area (Å²) in [7, 11) is 1.58. The Balaban J connectivity index is 2.88. The lowest BCUT2D eigenvalue weighted by Crippen LogP contribution is -2.29. The molecule has 1 aromatic heterocycles. The van der Waals surface area contributed by atoms with Crippen molar-refractivity contribution in [2.75, 3.05) is 44.0 Å². The van der Waals surface area contributed by atoms with Gasteiger partial charge in [0.1, 0.15) is 10.6 Å². The molecule has 6 nitrogen and oxygen atoms in total. The predicted molar refractivity (Wildman–Crippen MR) is 74.3 cm³/mol. The van der Waals surface area contributed by atoms with Gasteiger partial charge in [-0.25, -0.2) is 0 Å². The number of nitrogens with zero attached hydrogens (tertiary/aromatic N) is 2. The standard InChI is InChI=1S/C11H20N4O2S/c1-4-15(6-7-17-5-2)11-8(10(16)13-3)9(12)14-18-11/h4-7H2,1-3H3,(H2,12,14)(H,13,16). The number of ether oxygens (including phenoxy) is 1. The van der Waals surface area contributed by atoms with E-state index in [1.165, 1.54) is 11.5 Å². The Morgan fingerprint density at radius 3 is 2.83 bits per heavy atom. The summed E-state index contributed by atoms with van der Waals surface area (Å²) in [6.07, 6.45) is 0.